The average Bonchev–Trinajstić information content (AvgIpc) is 2.27. The molecule has 3 nitrogen and oxygen atoms in total. The van der Waals surface area contributed by atoms with E-state index in [1.54, 1.807) is 7.11 Å². The number of halogens is 1. The van der Waals surface area contributed by atoms with Gasteiger partial charge in [0.2, 0.25) is 5.91 Å². The lowest BCUT2D eigenvalue weighted by atomic mass is 10.1. The van der Waals surface area contributed by atoms with Crippen LogP contribution >= 0.6 is 11.6 Å². The minimum absolute atomic E-state index is 0.105. The molecule has 0 heterocycles. The number of ether oxygens (including phenoxy) is 1. The van der Waals surface area contributed by atoms with Crippen LogP contribution in [0.2, 0.25) is 0 Å². The van der Waals surface area contributed by atoms with Gasteiger partial charge in [0.15, 0.2) is 0 Å². The van der Waals surface area contributed by atoms with Crippen LogP contribution in [0.3, 0.4) is 0 Å². The second kappa shape index (κ2) is 6.18. The van der Waals surface area contributed by atoms with Crippen molar-refractivity contribution in [2.45, 2.75) is 6.42 Å². The number of benzene rings is 1. The van der Waals surface area contributed by atoms with Crippen molar-refractivity contribution in [3.05, 3.63) is 41.4 Å². The number of amides is 1. The third kappa shape index (κ3) is 3.95. The maximum atomic E-state index is 11.5. The Morgan fingerprint density at radius 3 is 2.81 bits per heavy atom. The van der Waals surface area contributed by atoms with E-state index in [1.807, 2.05) is 24.3 Å². The lowest BCUT2D eigenvalue weighted by Gasteiger charge is -2.08. The van der Waals surface area contributed by atoms with Crippen LogP contribution in [0.25, 0.3) is 0 Å². The smallest absolute Gasteiger partial charge is 0.224 e. The van der Waals surface area contributed by atoms with Gasteiger partial charge in [-0.1, -0.05) is 36.4 Å². The van der Waals surface area contributed by atoms with Crippen LogP contribution in [0, 0.1) is 0 Å². The summed E-state index contributed by atoms with van der Waals surface area (Å²) in [6.45, 7) is 3.78. The van der Waals surface area contributed by atoms with Gasteiger partial charge in [-0.15, -0.1) is 0 Å². The average molecular weight is 240 g/mol. The summed E-state index contributed by atoms with van der Waals surface area (Å²) in [5.41, 5.74) is 0.850. The van der Waals surface area contributed by atoms with Crippen molar-refractivity contribution < 1.29 is 9.53 Å². The van der Waals surface area contributed by atoms with Crippen molar-refractivity contribution in [1.82, 2.24) is 5.32 Å². The lowest BCUT2D eigenvalue weighted by Crippen LogP contribution is -2.26. The molecule has 0 bridgehead atoms. The van der Waals surface area contributed by atoms with Crippen molar-refractivity contribution >= 4 is 17.5 Å². The SMILES string of the molecule is C=C(Cl)CNC(=O)Cc1ccccc1OC. The second-order valence-corrected chi connectivity index (χ2v) is 3.82. The van der Waals surface area contributed by atoms with E-state index < -0.39 is 0 Å². The van der Waals surface area contributed by atoms with Gasteiger partial charge < -0.3 is 10.1 Å². The second-order valence-electron chi connectivity index (χ2n) is 3.28. The summed E-state index contributed by atoms with van der Waals surface area (Å²) in [4.78, 5) is 11.5. The number of carbonyl (C=O) groups is 1. The number of rotatable bonds is 5. The van der Waals surface area contributed by atoms with Crippen LogP contribution in [0.1, 0.15) is 5.56 Å². The molecule has 0 fully saturated rings. The molecule has 1 amide bonds. The fourth-order valence-corrected chi connectivity index (χ4v) is 1.35. The standard InChI is InChI=1S/C12H14ClNO2/c1-9(13)8-14-12(15)7-10-5-3-4-6-11(10)16-2/h3-6H,1,7-8H2,2H3,(H,14,15). The summed E-state index contributed by atoms with van der Waals surface area (Å²) < 4.78 is 5.15. The third-order valence-corrected chi connectivity index (χ3v) is 2.15. The first-order chi connectivity index (χ1) is 7.63. The number of nitrogens with one attached hydrogen (secondary N) is 1. The predicted molar refractivity (Wildman–Crippen MR) is 64.7 cm³/mol. The molecule has 0 saturated carbocycles. The zero-order valence-electron chi connectivity index (χ0n) is 9.13. The molecule has 0 aromatic heterocycles. The van der Waals surface area contributed by atoms with Gasteiger partial charge in [0.05, 0.1) is 20.1 Å². The fourth-order valence-electron chi connectivity index (χ4n) is 1.28. The van der Waals surface area contributed by atoms with Gasteiger partial charge in [-0.2, -0.15) is 0 Å². The number of hydrogen-bond donors (Lipinski definition) is 1. The Labute approximate surface area is 100 Å². The Hall–Kier alpha value is -1.48. The highest BCUT2D eigenvalue weighted by Crippen LogP contribution is 2.17. The number of carbonyl (C=O) groups excluding carboxylic acids is 1. The van der Waals surface area contributed by atoms with Gasteiger partial charge in [-0.05, 0) is 6.07 Å². The van der Waals surface area contributed by atoms with Gasteiger partial charge in [-0.25, -0.2) is 0 Å². The molecule has 1 aromatic rings. The van der Waals surface area contributed by atoms with Gasteiger partial charge in [-0.3, -0.25) is 4.79 Å². The lowest BCUT2D eigenvalue weighted by molar-refractivity contribution is -0.120. The molecule has 1 rings (SSSR count). The van der Waals surface area contributed by atoms with E-state index in [0.717, 1.165) is 5.56 Å². The predicted octanol–water partition coefficient (Wildman–Crippen LogP) is 2.11. The molecule has 0 aliphatic heterocycles. The van der Waals surface area contributed by atoms with E-state index in [1.165, 1.54) is 0 Å². The van der Waals surface area contributed by atoms with Crippen LogP contribution in [0.4, 0.5) is 0 Å². The fraction of sp³-hybridized carbons (Fsp3) is 0.250. The molecule has 0 unspecified atom stereocenters. The molecule has 0 atom stereocenters. The van der Waals surface area contributed by atoms with E-state index in [-0.39, 0.29) is 18.9 Å². The van der Waals surface area contributed by atoms with Crippen LogP contribution in [-0.2, 0) is 11.2 Å². The highest BCUT2D eigenvalue weighted by Gasteiger charge is 2.07. The molecule has 0 aliphatic carbocycles. The van der Waals surface area contributed by atoms with Gasteiger partial charge in [0.1, 0.15) is 5.75 Å². The van der Waals surface area contributed by atoms with Crippen molar-refractivity contribution in [3.63, 3.8) is 0 Å². The Morgan fingerprint density at radius 2 is 2.19 bits per heavy atom. The normalized spacial score (nSPS) is 9.62. The first-order valence-electron chi connectivity index (χ1n) is 4.85. The maximum absolute atomic E-state index is 11.5. The topological polar surface area (TPSA) is 38.3 Å². The molecule has 4 heteroatoms. The van der Waals surface area contributed by atoms with Crippen LogP contribution in [0.15, 0.2) is 35.9 Å². The highest BCUT2D eigenvalue weighted by molar-refractivity contribution is 6.29. The van der Waals surface area contributed by atoms with Crippen molar-refractivity contribution in [2.24, 2.45) is 0 Å². The van der Waals surface area contributed by atoms with Gasteiger partial charge in [0.25, 0.3) is 0 Å². The zero-order chi connectivity index (χ0) is 12.0. The molecular weight excluding hydrogens is 226 g/mol. The summed E-state index contributed by atoms with van der Waals surface area (Å²) in [5, 5.41) is 3.07. The van der Waals surface area contributed by atoms with Crippen molar-refractivity contribution in [2.75, 3.05) is 13.7 Å². The summed E-state index contributed by atoms with van der Waals surface area (Å²) in [6, 6.07) is 7.41. The monoisotopic (exact) mass is 239 g/mol. The van der Waals surface area contributed by atoms with E-state index in [2.05, 4.69) is 11.9 Å². The molecule has 1 N–H and O–H groups in total. The molecule has 0 radical (unpaired) electrons. The van der Waals surface area contributed by atoms with Gasteiger partial charge in [0, 0.05) is 10.6 Å². The van der Waals surface area contributed by atoms with Crippen LogP contribution in [0.5, 0.6) is 5.75 Å². The van der Waals surface area contributed by atoms with Gasteiger partial charge >= 0.3 is 0 Å². The van der Waals surface area contributed by atoms with E-state index in [9.17, 15) is 4.79 Å². The largest absolute Gasteiger partial charge is 0.496 e. The van der Waals surface area contributed by atoms with Crippen LogP contribution < -0.4 is 10.1 Å². The van der Waals surface area contributed by atoms with Crippen LogP contribution in [-0.4, -0.2) is 19.6 Å². The highest BCUT2D eigenvalue weighted by atomic mass is 35.5. The Balaban J connectivity index is 2.58. The molecule has 86 valence electrons. The summed E-state index contributed by atoms with van der Waals surface area (Å²) >= 11 is 5.55. The Kier molecular flexibility index (Phi) is 4.86. The third-order valence-electron chi connectivity index (χ3n) is 2.02. The maximum Gasteiger partial charge on any atom is 0.224 e. The molecule has 0 saturated heterocycles. The number of para-hydroxylation sites is 1. The molecule has 16 heavy (non-hydrogen) atoms. The minimum atomic E-state index is -0.105. The number of hydrogen-bond acceptors (Lipinski definition) is 2. The first-order valence-corrected chi connectivity index (χ1v) is 5.23. The molecular formula is C12H14ClNO2. The summed E-state index contributed by atoms with van der Waals surface area (Å²) in [7, 11) is 1.58. The summed E-state index contributed by atoms with van der Waals surface area (Å²) in [5.74, 6) is 0.605. The Morgan fingerprint density at radius 1 is 1.50 bits per heavy atom. The van der Waals surface area contributed by atoms with E-state index in [0.29, 0.717) is 10.8 Å². The molecule has 0 spiro atoms. The zero-order valence-corrected chi connectivity index (χ0v) is 9.88. The first kappa shape index (κ1) is 12.6. The van der Waals surface area contributed by atoms with Crippen molar-refractivity contribution in [3.8, 4) is 5.75 Å². The van der Waals surface area contributed by atoms with Crippen molar-refractivity contribution in [1.29, 1.82) is 0 Å². The quantitative estimate of drug-likeness (QED) is 0.855. The summed E-state index contributed by atoms with van der Waals surface area (Å²) in [6.07, 6.45) is 0.272. The Bertz CT molecular complexity index is 390. The van der Waals surface area contributed by atoms with E-state index >= 15 is 0 Å². The molecule has 1 aromatic carbocycles. The number of methoxy groups -OCH3 is 1. The molecule has 0 aliphatic rings. The minimum Gasteiger partial charge on any atom is -0.496 e. The van der Waals surface area contributed by atoms with E-state index in [4.69, 9.17) is 16.3 Å².